The van der Waals surface area contributed by atoms with Crippen molar-refractivity contribution in [1.82, 2.24) is 4.98 Å². The van der Waals surface area contributed by atoms with E-state index in [0.29, 0.717) is 5.69 Å². The van der Waals surface area contributed by atoms with Gasteiger partial charge in [0.05, 0.1) is 21.0 Å². The van der Waals surface area contributed by atoms with Crippen LogP contribution >= 0.6 is 23.1 Å². The molecule has 8 heteroatoms. The molecule has 0 aliphatic heterocycles. The number of nitrogens with one attached hydrogen (secondary N) is 1. The number of nitrogens with zero attached hydrogens (tertiary/aromatic N) is 1. The van der Waals surface area contributed by atoms with Crippen LogP contribution in [0.15, 0.2) is 52.9 Å². The van der Waals surface area contributed by atoms with Crippen molar-refractivity contribution in [3.8, 4) is 0 Å². The second-order valence-corrected chi connectivity index (χ2v) is 7.89. The Balaban J connectivity index is 1.64. The lowest BCUT2D eigenvalue weighted by Gasteiger charge is -2.11. The van der Waals surface area contributed by atoms with E-state index in [0.717, 1.165) is 26.7 Å². The summed E-state index contributed by atoms with van der Waals surface area (Å²) in [7, 11) is 0. The van der Waals surface area contributed by atoms with Crippen LogP contribution in [0.2, 0.25) is 0 Å². The first-order valence-electron chi connectivity index (χ1n) is 7.33. The Morgan fingerprint density at radius 2 is 1.84 bits per heavy atom. The van der Waals surface area contributed by atoms with Crippen molar-refractivity contribution in [3.63, 3.8) is 0 Å². The quantitative estimate of drug-likeness (QED) is 0.612. The number of benzene rings is 2. The zero-order valence-electron chi connectivity index (χ0n) is 13.0. The average Bonchev–Trinajstić information content (AvgIpc) is 2.96. The summed E-state index contributed by atoms with van der Waals surface area (Å²) in [6.45, 7) is 1.73. The highest BCUT2D eigenvalue weighted by molar-refractivity contribution is 8.02. The van der Waals surface area contributed by atoms with Gasteiger partial charge in [0.25, 0.3) is 0 Å². The van der Waals surface area contributed by atoms with Gasteiger partial charge in [-0.25, -0.2) is 4.98 Å². The van der Waals surface area contributed by atoms with Crippen LogP contribution in [0.5, 0.6) is 0 Å². The third-order valence-electron chi connectivity index (χ3n) is 3.40. The van der Waals surface area contributed by atoms with Crippen molar-refractivity contribution in [3.05, 3.63) is 54.1 Å². The van der Waals surface area contributed by atoms with Crippen molar-refractivity contribution in [2.24, 2.45) is 0 Å². The Bertz CT molecular complexity index is 858. The predicted octanol–water partition coefficient (Wildman–Crippen LogP) is 5.43. The summed E-state index contributed by atoms with van der Waals surface area (Å²) in [6.07, 6.45) is -4.39. The van der Waals surface area contributed by atoms with Gasteiger partial charge in [-0.05, 0) is 43.3 Å². The summed E-state index contributed by atoms with van der Waals surface area (Å²) < 4.78 is 39.4. The highest BCUT2D eigenvalue weighted by Gasteiger charge is 2.30. The van der Waals surface area contributed by atoms with E-state index in [1.165, 1.54) is 35.2 Å². The first-order valence-corrected chi connectivity index (χ1v) is 9.03. The Kier molecular flexibility index (Phi) is 5.01. The number of anilines is 1. The lowest BCUT2D eigenvalue weighted by molar-refractivity contribution is -0.137. The Labute approximate surface area is 150 Å². The molecular weight excluding hydrogens is 369 g/mol. The van der Waals surface area contributed by atoms with E-state index in [1.54, 1.807) is 6.92 Å². The Morgan fingerprint density at radius 1 is 1.16 bits per heavy atom. The van der Waals surface area contributed by atoms with Crippen molar-refractivity contribution in [2.45, 2.75) is 22.7 Å². The molecule has 3 rings (SSSR count). The van der Waals surface area contributed by atoms with E-state index in [4.69, 9.17) is 0 Å². The van der Waals surface area contributed by atoms with E-state index < -0.39 is 17.0 Å². The Hall–Kier alpha value is -2.06. The normalized spacial score (nSPS) is 13.0. The molecule has 1 atom stereocenters. The first-order chi connectivity index (χ1) is 11.8. The molecule has 0 aliphatic rings. The number of para-hydroxylation sites is 1. The summed E-state index contributed by atoms with van der Waals surface area (Å²) >= 11 is 2.82. The second kappa shape index (κ2) is 7.05. The first kappa shape index (κ1) is 17.8. The zero-order chi connectivity index (χ0) is 18.0. The van der Waals surface area contributed by atoms with Gasteiger partial charge in [0.15, 0.2) is 4.34 Å². The van der Waals surface area contributed by atoms with Gasteiger partial charge in [-0.2, -0.15) is 13.2 Å². The second-order valence-electron chi connectivity index (χ2n) is 5.27. The summed E-state index contributed by atoms with van der Waals surface area (Å²) in [6, 6.07) is 12.1. The molecule has 0 aliphatic carbocycles. The van der Waals surface area contributed by atoms with Crippen LogP contribution in [-0.4, -0.2) is 16.1 Å². The fourth-order valence-electron chi connectivity index (χ4n) is 2.09. The molecule has 0 radical (unpaired) electrons. The SMILES string of the molecule is C[C@H](Sc1nc2ccccc2s1)C(=O)Nc1ccc(C(F)(F)F)cc1. The van der Waals surface area contributed by atoms with Gasteiger partial charge in [0.2, 0.25) is 5.91 Å². The van der Waals surface area contributed by atoms with Crippen LogP contribution in [0.4, 0.5) is 18.9 Å². The molecular formula is C17H13F3N2OS2. The molecule has 0 bridgehead atoms. The molecule has 0 saturated heterocycles. The minimum atomic E-state index is -4.39. The molecule has 130 valence electrons. The van der Waals surface area contributed by atoms with Gasteiger partial charge in [-0.1, -0.05) is 23.9 Å². The van der Waals surface area contributed by atoms with E-state index in [9.17, 15) is 18.0 Å². The maximum Gasteiger partial charge on any atom is 0.416 e. The molecule has 3 nitrogen and oxygen atoms in total. The van der Waals surface area contributed by atoms with Gasteiger partial charge >= 0.3 is 6.18 Å². The molecule has 0 spiro atoms. The predicted molar refractivity (Wildman–Crippen MR) is 95.0 cm³/mol. The van der Waals surface area contributed by atoms with Gasteiger partial charge in [-0.3, -0.25) is 4.79 Å². The minimum absolute atomic E-state index is 0.288. The molecule has 2 aromatic carbocycles. The number of amides is 1. The van der Waals surface area contributed by atoms with Crippen LogP contribution in [0.1, 0.15) is 12.5 Å². The molecule has 0 fully saturated rings. The monoisotopic (exact) mass is 382 g/mol. The number of thioether (sulfide) groups is 1. The maximum absolute atomic E-state index is 12.5. The molecule has 0 unspecified atom stereocenters. The third kappa shape index (κ3) is 4.32. The number of hydrogen-bond acceptors (Lipinski definition) is 4. The maximum atomic E-state index is 12.5. The van der Waals surface area contributed by atoms with Crippen molar-refractivity contribution < 1.29 is 18.0 Å². The Morgan fingerprint density at radius 3 is 2.48 bits per heavy atom. The van der Waals surface area contributed by atoms with E-state index in [1.807, 2.05) is 24.3 Å². The van der Waals surface area contributed by atoms with Gasteiger partial charge < -0.3 is 5.32 Å². The molecule has 1 N–H and O–H groups in total. The average molecular weight is 382 g/mol. The number of aromatic nitrogens is 1. The number of halogens is 3. The highest BCUT2D eigenvalue weighted by atomic mass is 32.2. The number of rotatable bonds is 4. The van der Waals surface area contributed by atoms with Gasteiger partial charge in [-0.15, -0.1) is 11.3 Å². The highest BCUT2D eigenvalue weighted by Crippen LogP contribution is 2.33. The van der Waals surface area contributed by atoms with Crippen LogP contribution < -0.4 is 5.32 Å². The molecule has 3 aromatic rings. The number of alkyl halides is 3. The van der Waals surface area contributed by atoms with E-state index >= 15 is 0 Å². The number of carbonyl (C=O) groups excluding carboxylic acids is 1. The fraction of sp³-hybridized carbons (Fsp3) is 0.176. The third-order valence-corrected chi connectivity index (χ3v) is 5.63. The summed E-state index contributed by atoms with van der Waals surface area (Å²) in [5.41, 5.74) is 0.461. The van der Waals surface area contributed by atoms with Crippen LogP contribution in [0, 0.1) is 0 Å². The standard InChI is InChI=1S/C17H13F3N2OS2/c1-10(24-16-22-13-4-2-3-5-14(13)25-16)15(23)21-12-8-6-11(7-9-12)17(18,19)20/h2-10H,1H3,(H,21,23)/t10-/m0/s1. The molecule has 25 heavy (non-hydrogen) atoms. The summed E-state index contributed by atoms with van der Waals surface area (Å²) in [5, 5.41) is 2.20. The lowest BCUT2D eigenvalue weighted by atomic mass is 10.2. The molecule has 1 amide bonds. The van der Waals surface area contributed by atoms with Gasteiger partial charge in [0.1, 0.15) is 0 Å². The van der Waals surface area contributed by atoms with Crippen LogP contribution in [-0.2, 0) is 11.0 Å². The summed E-state index contributed by atoms with van der Waals surface area (Å²) in [5.74, 6) is -0.288. The summed E-state index contributed by atoms with van der Waals surface area (Å²) in [4.78, 5) is 16.7. The van der Waals surface area contributed by atoms with E-state index in [2.05, 4.69) is 10.3 Å². The minimum Gasteiger partial charge on any atom is -0.325 e. The van der Waals surface area contributed by atoms with Gasteiger partial charge in [0, 0.05) is 5.69 Å². The van der Waals surface area contributed by atoms with Crippen molar-refractivity contribution >= 4 is 44.9 Å². The number of thiazole rings is 1. The van der Waals surface area contributed by atoms with Crippen molar-refractivity contribution in [2.75, 3.05) is 5.32 Å². The largest absolute Gasteiger partial charge is 0.416 e. The topological polar surface area (TPSA) is 42.0 Å². The van der Waals surface area contributed by atoms with Crippen LogP contribution in [0.3, 0.4) is 0 Å². The van der Waals surface area contributed by atoms with E-state index in [-0.39, 0.29) is 5.91 Å². The molecule has 0 saturated carbocycles. The lowest BCUT2D eigenvalue weighted by Crippen LogP contribution is -2.22. The van der Waals surface area contributed by atoms with Crippen molar-refractivity contribution in [1.29, 1.82) is 0 Å². The smallest absolute Gasteiger partial charge is 0.325 e. The molecule has 1 heterocycles. The zero-order valence-corrected chi connectivity index (χ0v) is 14.6. The number of carbonyl (C=O) groups is 1. The van der Waals surface area contributed by atoms with Crippen LogP contribution in [0.25, 0.3) is 10.2 Å². The molecule has 1 aromatic heterocycles. The fourth-order valence-corrected chi connectivity index (χ4v) is 4.30. The number of hydrogen-bond donors (Lipinski definition) is 1. The number of fused-ring (bicyclic) bond motifs is 1.